The third-order valence-electron chi connectivity index (χ3n) is 1.55. The fraction of sp³-hybridized carbons (Fsp3) is 0. The fourth-order valence-electron chi connectivity index (χ4n) is 0.920. The number of carbonyl (C=O) groups is 1. The molecule has 0 aromatic carbocycles. The van der Waals surface area contributed by atoms with Crippen LogP contribution >= 0.6 is 0 Å². The summed E-state index contributed by atoms with van der Waals surface area (Å²) in [5.41, 5.74) is 5.65. The molecule has 15 heavy (non-hydrogen) atoms. The van der Waals surface area contributed by atoms with E-state index in [0.29, 0.717) is 0 Å². The summed E-state index contributed by atoms with van der Waals surface area (Å²) in [4.78, 5) is 21.7. The number of hydrogen-bond donors (Lipinski definition) is 2. The quantitative estimate of drug-likeness (QED) is 0.693. The van der Waals surface area contributed by atoms with Gasteiger partial charge in [0.1, 0.15) is 0 Å². The maximum Gasteiger partial charge on any atom is 0.377 e. The summed E-state index contributed by atoms with van der Waals surface area (Å²) in [5, 5.41) is 11.8. The van der Waals surface area contributed by atoms with Gasteiger partial charge in [-0.3, -0.25) is 0 Å². The lowest BCUT2D eigenvalue weighted by atomic mass is 10.4. The van der Waals surface area contributed by atoms with E-state index in [0.717, 1.165) is 0 Å². The van der Waals surface area contributed by atoms with Crippen LogP contribution in [0.25, 0.3) is 11.6 Å². The zero-order chi connectivity index (χ0) is 10.8. The summed E-state index contributed by atoms with van der Waals surface area (Å²) in [6, 6.07) is 0. The van der Waals surface area contributed by atoms with Crippen LogP contribution in [0.4, 0.5) is 5.82 Å². The number of carboxylic acid groups (broad SMARTS) is 1. The first-order valence-corrected chi connectivity index (χ1v) is 3.82. The molecule has 8 nitrogen and oxygen atoms in total. The molecule has 76 valence electrons. The number of aromatic carboxylic acids is 1. The number of nitrogen functional groups attached to an aromatic ring is 1. The maximum atomic E-state index is 10.5. The standard InChI is InChI=1S/C7H5N5O3/c8-4-3(9-1-2-10-4)6-11-5(7(13)14)12-15-6/h1-2H,(H2,8,10)(H,13,14). The second-order valence-corrected chi connectivity index (χ2v) is 2.52. The largest absolute Gasteiger partial charge is 0.475 e. The van der Waals surface area contributed by atoms with Gasteiger partial charge in [0.25, 0.3) is 11.7 Å². The Labute approximate surface area is 82.8 Å². The smallest absolute Gasteiger partial charge is 0.377 e. The Morgan fingerprint density at radius 2 is 2.13 bits per heavy atom. The molecule has 2 rings (SSSR count). The Morgan fingerprint density at radius 3 is 2.73 bits per heavy atom. The molecule has 2 aromatic rings. The van der Waals surface area contributed by atoms with Crippen molar-refractivity contribution in [3.63, 3.8) is 0 Å². The molecule has 0 saturated heterocycles. The van der Waals surface area contributed by atoms with Crippen LogP contribution in [-0.4, -0.2) is 31.2 Å². The first kappa shape index (κ1) is 9.06. The van der Waals surface area contributed by atoms with Gasteiger partial charge in [-0.2, -0.15) is 4.98 Å². The molecule has 2 heterocycles. The number of nitrogens with zero attached hydrogens (tertiary/aromatic N) is 4. The van der Waals surface area contributed by atoms with Crippen LogP contribution in [0.3, 0.4) is 0 Å². The molecule has 0 amide bonds. The van der Waals surface area contributed by atoms with E-state index in [2.05, 4.69) is 24.6 Å². The van der Waals surface area contributed by atoms with E-state index in [1.807, 2.05) is 0 Å². The highest BCUT2D eigenvalue weighted by Crippen LogP contribution is 2.18. The molecule has 0 bridgehead atoms. The van der Waals surface area contributed by atoms with Crippen LogP contribution in [0.2, 0.25) is 0 Å². The van der Waals surface area contributed by atoms with E-state index in [4.69, 9.17) is 10.8 Å². The van der Waals surface area contributed by atoms with Crippen LogP contribution in [0.5, 0.6) is 0 Å². The predicted molar refractivity (Wildman–Crippen MR) is 46.7 cm³/mol. The van der Waals surface area contributed by atoms with Gasteiger partial charge in [-0.1, -0.05) is 0 Å². The van der Waals surface area contributed by atoms with Crippen LogP contribution in [-0.2, 0) is 0 Å². The second-order valence-electron chi connectivity index (χ2n) is 2.52. The molecule has 3 N–H and O–H groups in total. The van der Waals surface area contributed by atoms with Crippen molar-refractivity contribution in [2.45, 2.75) is 0 Å². The molecule has 0 aliphatic heterocycles. The first-order chi connectivity index (χ1) is 7.18. The second kappa shape index (κ2) is 3.33. The van der Waals surface area contributed by atoms with Gasteiger partial charge in [0.15, 0.2) is 11.5 Å². The lowest BCUT2D eigenvalue weighted by Crippen LogP contribution is -1.99. The maximum absolute atomic E-state index is 10.5. The monoisotopic (exact) mass is 207 g/mol. The van der Waals surface area contributed by atoms with Gasteiger partial charge in [-0.25, -0.2) is 14.8 Å². The van der Waals surface area contributed by atoms with Crippen LogP contribution in [0.15, 0.2) is 16.9 Å². The summed E-state index contributed by atoms with van der Waals surface area (Å²) < 4.78 is 4.67. The molecule has 0 atom stereocenters. The molecule has 0 aliphatic carbocycles. The average molecular weight is 207 g/mol. The number of nitrogens with two attached hydrogens (primary N) is 1. The minimum absolute atomic E-state index is 0.0713. The highest BCUT2D eigenvalue weighted by atomic mass is 16.5. The summed E-state index contributed by atoms with van der Waals surface area (Å²) in [6.45, 7) is 0. The predicted octanol–water partition coefficient (Wildman–Crippen LogP) is -0.193. The van der Waals surface area contributed by atoms with E-state index in [1.165, 1.54) is 12.4 Å². The summed E-state index contributed by atoms with van der Waals surface area (Å²) in [5.74, 6) is -1.71. The number of hydrogen-bond acceptors (Lipinski definition) is 7. The Kier molecular flexibility index (Phi) is 2.01. The normalized spacial score (nSPS) is 10.1. The van der Waals surface area contributed by atoms with Crippen molar-refractivity contribution < 1.29 is 14.4 Å². The lowest BCUT2D eigenvalue weighted by molar-refractivity contribution is 0.0680. The van der Waals surface area contributed by atoms with Crippen LogP contribution < -0.4 is 5.73 Å². The number of rotatable bonds is 2. The van der Waals surface area contributed by atoms with E-state index in [-0.39, 0.29) is 17.4 Å². The molecule has 0 spiro atoms. The van der Waals surface area contributed by atoms with Crippen molar-refractivity contribution in [2.75, 3.05) is 5.73 Å². The number of aromatic nitrogens is 4. The van der Waals surface area contributed by atoms with Crippen molar-refractivity contribution in [1.29, 1.82) is 0 Å². The number of carboxylic acids is 1. The molecule has 0 unspecified atom stereocenters. The van der Waals surface area contributed by atoms with Gasteiger partial charge >= 0.3 is 5.97 Å². The van der Waals surface area contributed by atoms with Crippen molar-refractivity contribution in [3.05, 3.63) is 18.2 Å². The molecule has 2 aromatic heterocycles. The molecular weight excluding hydrogens is 202 g/mol. The molecule has 0 saturated carbocycles. The van der Waals surface area contributed by atoms with Gasteiger partial charge < -0.3 is 15.4 Å². The molecular formula is C7H5N5O3. The van der Waals surface area contributed by atoms with Crippen molar-refractivity contribution >= 4 is 11.8 Å². The van der Waals surface area contributed by atoms with Crippen LogP contribution in [0, 0.1) is 0 Å². The number of anilines is 1. The van der Waals surface area contributed by atoms with Crippen molar-refractivity contribution in [1.82, 2.24) is 20.1 Å². The third kappa shape index (κ3) is 1.59. The van der Waals surface area contributed by atoms with Gasteiger partial charge in [0, 0.05) is 12.4 Å². The fourth-order valence-corrected chi connectivity index (χ4v) is 0.920. The van der Waals surface area contributed by atoms with Gasteiger partial charge in [0.2, 0.25) is 0 Å². The van der Waals surface area contributed by atoms with Crippen molar-refractivity contribution in [2.24, 2.45) is 0 Å². The Bertz CT molecular complexity index is 509. The first-order valence-electron chi connectivity index (χ1n) is 3.82. The zero-order valence-corrected chi connectivity index (χ0v) is 7.28. The highest BCUT2D eigenvalue weighted by molar-refractivity contribution is 5.83. The van der Waals surface area contributed by atoms with E-state index in [1.54, 1.807) is 0 Å². The van der Waals surface area contributed by atoms with Gasteiger partial charge in [-0.15, -0.1) is 0 Å². The topological polar surface area (TPSA) is 128 Å². The summed E-state index contributed by atoms with van der Waals surface area (Å²) >= 11 is 0. The van der Waals surface area contributed by atoms with Crippen molar-refractivity contribution in [3.8, 4) is 11.6 Å². The lowest BCUT2D eigenvalue weighted by Gasteiger charge is -1.95. The minimum Gasteiger partial charge on any atom is -0.475 e. The van der Waals surface area contributed by atoms with Gasteiger partial charge in [-0.05, 0) is 5.16 Å². The Balaban J connectivity index is 2.46. The zero-order valence-electron chi connectivity index (χ0n) is 7.28. The average Bonchev–Trinajstić information content (AvgIpc) is 2.67. The molecule has 0 fully saturated rings. The SMILES string of the molecule is Nc1nccnc1-c1nc(C(=O)O)no1. The third-order valence-corrected chi connectivity index (χ3v) is 1.55. The van der Waals surface area contributed by atoms with Crippen LogP contribution in [0.1, 0.15) is 10.6 Å². The Morgan fingerprint density at radius 1 is 1.40 bits per heavy atom. The van der Waals surface area contributed by atoms with E-state index >= 15 is 0 Å². The van der Waals surface area contributed by atoms with E-state index < -0.39 is 11.8 Å². The Hall–Kier alpha value is -2.51. The molecule has 0 aliphatic rings. The molecule has 0 radical (unpaired) electrons. The van der Waals surface area contributed by atoms with Gasteiger partial charge in [0.05, 0.1) is 0 Å². The summed E-state index contributed by atoms with van der Waals surface area (Å²) in [6.07, 6.45) is 2.78. The minimum atomic E-state index is -1.28. The van der Waals surface area contributed by atoms with E-state index in [9.17, 15) is 4.79 Å². The highest BCUT2D eigenvalue weighted by Gasteiger charge is 2.17. The summed E-state index contributed by atoms with van der Waals surface area (Å²) in [7, 11) is 0. The molecule has 8 heteroatoms.